The van der Waals surface area contributed by atoms with Crippen LogP contribution in [0.25, 0.3) is 0 Å². The number of carbonyl (C=O) groups excluding carboxylic acids is 1. The second-order valence-electron chi connectivity index (χ2n) is 5.51. The first-order valence-electron chi connectivity index (χ1n) is 7.65. The first-order valence-corrected chi connectivity index (χ1v) is 9.66. The van der Waals surface area contributed by atoms with E-state index in [-0.39, 0.29) is 6.10 Å². The summed E-state index contributed by atoms with van der Waals surface area (Å²) in [4.78, 5) is 24.6. The zero-order chi connectivity index (χ0) is 18.6. The number of fused-ring (bicyclic) bond motifs is 1. The summed E-state index contributed by atoms with van der Waals surface area (Å²) < 4.78 is 8.88. The van der Waals surface area contributed by atoms with Crippen LogP contribution in [-0.4, -0.2) is 46.8 Å². The van der Waals surface area contributed by atoms with Gasteiger partial charge < -0.3 is 14.6 Å². The predicted octanol–water partition coefficient (Wildman–Crippen LogP) is 4.04. The SMILES string of the molecule is CCOC1CCc2csc(N(CC(=O)O)C(=O)OCC(Cl)(Cl)Cl)c2C1. The molecular weight excluding hydrogens is 413 g/mol. The van der Waals surface area contributed by atoms with Crippen molar-refractivity contribution in [2.75, 3.05) is 24.7 Å². The zero-order valence-corrected chi connectivity index (χ0v) is 16.6. The highest BCUT2D eigenvalue weighted by atomic mass is 35.6. The van der Waals surface area contributed by atoms with Gasteiger partial charge in [-0.3, -0.25) is 9.69 Å². The van der Waals surface area contributed by atoms with Gasteiger partial charge >= 0.3 is 12.1 Å². The lowest BCUT2D eigenvalue weighted by molar-refractivity contribution is -0.135. The first kappa shape index (κ1) is 20.6. The fraction of sp³-hybridized carbons (Fsp3) is 0.600. The smallest absolute Gasteiger partial charge is 0.415 e. The molecule has 1 unspecified atom stereocenters. The monoisotopic (exact) mass is 429 g/mol. The van der Waals surface area contributed by atoms with Gasteiger partial charge in [0.2, 0.25) is 3.79 Å². The molecule has 140 valence electrons. The molecule has 1 atom stereocenters. The van der Waals surface area contributed by atoms with E-state index in [1.54, 1.807) is 0 Å². The Labute approximate surface area is 164 Å². The second kappa shape index (κ2) is 8.77. The van der Waals surface area contributed by atoms with Gasteiger partial charge in [0.05, 0.1) is 6.10 Å². The molecular formula is C15H18Cl3NO5S. The second-order valence-corrected chi connectivity index (χ2v) is 8.89. The van der Waals surface area contributed by atoms with Crippen LogP contribution in [0.15, 0.2) is 5.38 Å². The number of hydrogen-bond donors (Lipinski definition) is 1. The lowest BCUT2D eigenvalue weighted by atomic mass is 9.92. The fourth-order valence-corrected chi connectivity index (χ4v) is 3.96. The summed E-state index contributed by atoms with van der Waals surface area (Å²) in [5.74, 6) is -1.16. The molecule has 2 rings (SSSR count). The molecule has 6 nitrogen and oxygen atoms in total. The minimum atomic E-state index is -1.76. The number of aryl methyl sites for hydroxylation is 1. The number of alkyl halides is 3. The van der Waals surface area contributed by atoms with E-state index in [0.29, 0.717) is 18.0 Å². The lowest BCUT2D eigenvalue weighted by Gasteiger charge is -2.26. The Balaban J connectivity index is 2.22. The number of thiophene rings is 1. The van der Waals surface area contributed by atoms with E-state index >= 15 is 0 Å². The highest BCUT2D eigenvalue weighted by molar-refractivity contribution is 7.14. The first-order chi connectivity index (χ1) is 11.7. The van der Waals surface area contributed by atoms with Crippen LogP contribution in [-0.2, 0) is 27.1 Å². The minimum Gasteiger partial charge on any atom is -0.480 e. The molecule has 0 spiro atoms. The molecule has 0 aromatic carbocycles. The lowest BCUT2D eigenvalue weighted by Crippen LogP contribution is -2.38. The molecule has 0 fully saturated rings. The Morgan fingerprint density at radius 2 is 2.16 bits per heavy atom. The summed E-state index contributed by atoms with van der Waals surface area (Å²) >= 11 is 18.1. The van der Waals surface area contributed by atoms with Gasteiger partial charge in [-0.2, -0.15) is 0 Å². The third-order valence-corrected chi connectivity index (χ3v) is 5.07. The third kappa shape index (κ3) is 5.89. The molecule has 1 heterocycles. The van der Waals surface area contributed by atoms with Crippen molar-refractivity contribution in [2.45, 2.75) is 36.1 Å². The van der Waals surface area contributed by atoms with Crippen molar-refractivity contribution in [3.63, 3.8) is 0 Å². The van der Waals surface area contributed by atoms with Gasteiger partial charge in [-0.1, -0.05) is 34.8 Å². The van der Waals surface area contributed by atoms with Crippen molar-refractivity contribution in [3.05, 3.63) is 16.5 Å². The maximum atomic E-state index is 12.4. The van der Waals surface area contributed by atoms with E-state index in [1.807, 2.05) is 12.3 Å². The quantitative estimate of drug-likeness (QED) is 0.689. The van der Waals surface area contributed by atoms with E-state index < -0.39 is 29.0 Å². The molecule has 1 N–H and O–H groups in total. The van der Waals surface area contributed by atoms with E-state index in [9.17, 15) is 9.59 Å². The number of aliphatic carboxylic acids is 1. The standard InChI is InChI=1S/C15H18Cl3NO5S/c1-2-23-10-4-3-9-7-25-13(11(9)5-10)19(6-12(20)21)14(22)24-8-15(16,17)18/h7,10H,2-6,8H2,1H3,(H,20,21). The van der Waals surface area contributed by atoms with Gasteiger partial charge in [0.15, 0.2) is 0 Å². The number of carbonyl (C=O) groups is 2. The van der Waals surface area contributed by atoms with Gasteiger partial charge in [0, 0.05) is 13.0 Å². The number of hydrogen-bond acceptors (Lipinski definition) is 5. The van der Waals surface area contributed by atoms with Gasteiger partial charge in [-0.05, 0) is 36.3 Å². The Bertz CT molecular complexity index is 631. The number of rotatable bonds is 6. The normalized spacial score (nSPS) is 17.0. The van der Waals surface area contributed by atoms with Crippen LogP contribution in [0.2, 0.25) is 0 Å². The van der Waals surface area contributed by atoms with Crippen LogP contribution in [0.3, 0.4) is 0 Å². The van der Waals surface area contributed by atoms with Crippen molar-refractivity contribution < 1.29 is 24.2 Å². The number of amides is 1. The van der Waals surface area contributed by atoms with E-state index in [4.69, 9.17) is 49.4 Å². The minimum absolute atomic E-state index is 0.0507. The van der Waals surface area contributed by atoms with Gasteiger partial charge in [0.1, 0.15) is 18.2 Å². The number of halogens is 3. The van der Waals surface area contributed by atoms with Crippen molar-refractivity contribution in [1.82, 2.24) is 0 Å². The molecule has 10 heteroatoms. The molecule has 0 saturated carbocycles. The van der Waals surface area contributed by atoms with Crippen LogP contribution in [0.4, 0.5) is 9.80 Å². The highest BCUT2D eigenvalue weighted by Gasteiger charge is 2.31. The molecule has 25 heavy (non-hydrogen) atoms. The van der Waals surface area contributed by atoms with Crippen LogP contribution >= 0.6 is 46.1 Å². The molecule has 1 aromatic rings. The molecule has 1 aromatic heterocycles. The number of carboxylic acids is 1. The van der Waals surface area contributed by atoms with Crippen LogP contribution in [0, 0.1) is 0 Å². The average Bonchev–Trinajstić information content (AvgIpc) is 2.93. The summed E-state index contributed by atoms with van der Waals surface area (Å²) in [6.07, 6.45) is 1.52. The fourth-order valence-electron chi connectivity index (χ4n) is 2.66. The third-order valence-electron chi connectivity index (χ3n) is 3.65. The molecule has 1 aliphatic carbocycles. The van der Waals surface area contributed by atoms with Crippen molar-refractivity contribution in [3.8, 4) is 0 Å². The number of nitrogens with zero attached hydrogens (tertiary/aromatic N) is 1. The van der Waals surface area contributed by atoms with E-state index in [0.717, 1.165) is 28.9 Å². The van der Waals surface area contributed by atoms with E-state index in [2.05, 4.69) is 0 Å². The predicted molar refractivity (Wildman–Crippen MR) is 98.4 cm³/mol. The van der Waals surface area contributed by atoms with Gasteiger partial charge in [-0.15, -0.1) is 11.3 Å². The molecule has 0 bridgehead atoms. The Hall–Kier alpha value is -0.730. The van der Waals surface area contributed by atoms with Crippen LogP contribution in [0.1, 0.15) is 24.5 Å². The zero-order valence-electron chi connectivity index (χ0n) is 13.5. The van der Waals surface area contributed by atoms with Crippen molar-refractivity contribution in [2.24, 2.45) is 0 Å². The average molecular weight is 431 g/mol. The molecule has 0 aliphatic heterocycles. The number of anilines is 1. The maximum Gasteiger partial charge on any atom is 0.415 e. The Kier molecular flexibility index (Phi) is 7.22. The topological polar surface area (TPSA) is 76.1 Å². The number of carboxylic acid groups (broad SMARTS) is 1. The highest BCUT2D eigenvalue weighted by Crippen LogP contribution is 2.38. The van der Waals surface area contributed by atoms with Gasteiger partial charge in [0.25, 0.3) is 0 Å². The summed E-state index contributed by atoms with van der Waals surface area (Å²) in [6.45, 7) is 1.52. The van der Waals surface area contributed by atoms with Crippen molar-refractivity contribution in [1.29, 1.82) is 0 Å². The van der Waals surface area contributed by atoms with Crippen molar-refractivity contribution >= 4 is 63.2 Å². The van der Waals surface area contributed by atoms with Crippen LogP contribution in [0.5, 0.6) is 0 Å². The molecule has 1 aliphatic rings. The molecule has 0 radical (unpaired) electrons. The Morgan fingerprint density at radius 3 is 2.76 bits per heavy atom. The molecule has 1 amide bonds. The van der Waals surface area contributed by atoms with Crippen LogP contribution < -0.4 is 4.90 Å². The summed E-state index contributed by atoms with van der Waals surface area (Å²) in [5, 5.41) is 11.6. The Morgan fingerprint density at radius 1 is 1.44 bits per heavy atom. The van der Waals surface area contributed by atoms with E-state index in [1.165, 1.54) is 11.3 Å². The number of ether oxygens (including phenoxy) is 2. The summed E-state index contributed by atoms with van der Waals surface area (Å²) in [6, 6.07) is 0. The summed E-state index contributed by atoms with van der Waals surface area (Å²) in [7, 11) is 0. The summed E-state index contributed by atoms with van der Waals surface area (Å²) in [5.41, 5.74) is 2.02. The van der Waals surface area contributed by atoms with Gasteiger partial charge in [-0.25, -0.2) is 4.79 Å². The largest absolute Gasteiger partial charge is 0.480 e. The maximum absolute atomic E-state index is 12.4. The molecule has 0 saturated heterocycles.